The number of likely N-dealkylation sites (tertiary alicyclic amines) is 1. The molecule has 2 aliphatic rings. The Hall–Kier alpha value is -3.48. The molecule has 1 saturated carbocycles. The number of hydrogen-bond donors (Lipinski definition) is 2. The summed E-state index contributed by atoms with van der Waals surface area (Å²) < 4.78 is 54.4. The summed E-state index contributed by atoms with van der Waals surface area (Å²) in [4.78, 5) is 32.3. The molecule has 1 saturated heterocycles. The van der Waals surface area contributed by atoms with Gasteiger partial charge in [0.1, 0.15) is 11.5 Å². The molecule has 0 spiro atoms. The van der Waals surface area contributed by atoms with Crippen LogP contribution in [0.5, 0.6) is 0 Å². The number of halogens is 4. The number of nitrogen functional groups attached to an aromatic ring is 1. The predicted molar refractivity (Wildman–Crippen MR) is 119 cm³/mol. The third kappa shape index (κ3) is 4.24. The topological polar surface area (TPSA) is 106 Å². The first kappa shape index (κ1) is 23.3. The fraction of sp³-hybridized carbons (Fsp3) is 0.364. The van der Waals surface area contributed by atoms with Crippen molar-refractivity contribution < 1.29 is 27.2 Å². The lowest BCUT2D eigenvalue weighted by Gasteiger charge is -2.27. The molecule has 8 nitrogen and oxygen atoms in total. The van der Waals surface area contributed by atoms with E-state index in [1.165, 1.54) is 18.2 Å². The number of nitrogens with one attached hydrogen (secondary N) is 1. The third-order valence-corrected chi connectivity index (χ3v) is 7.26. The number of nitrogens with two attached hydrogens (primary N) is 1. The Labute approximate surface area is 200 Å². The highest BCUT2D eigenvalue weighted by molar-refractivity contribution is 7.19. The molecule has 2 fully saturated rings. The van der Waals surface area contributed by atoms with Crippen molar-refractivity contribution in [2.45, 2.75) is 31.1 Å². The second kappa shape index (κ2) is 8.33. The van der Waals surface area contributed by atoms with Crippen LogP contribution in [0, 0.1) is 11.7 Å². The molecule has 3 aromatic rings. The maximum atomic E-state index is 13.8. The number of anilines is 1. The number of aromatic nitrogens is 3. The third-order valence-electron chi connectivity index (χ3n) is 6.33. The Morgan fingerprint density at radius 3 is 2.77 bits per heavy atom. The first-order chi connectivity index (χ1) is 16.5. The van der Waals surface area contributed by atoms with Gasteiger partial charge in [-0.1, -0.05) is 23.5 Å². The molecule has 35 heavy (non-hydrogen) atoms. The van der Waals surface area contributed by atoms with Crippen LogP contribution >= 0.6 is 11.3 Å². The van der Waals surface area contributed by atoms with Crippen molar-refractivity contribution in [3.8, 4) is 10.4 Å². The van der Waals surface area contributed by atoms with E-state index in [0.717, 1.165) is 31.0 Å². The van der Waals surface area contributed by atoms with E-state index in [0.29, 0.717) is 21.5 Å². The smallest absolute Gasteiger partial charge is 0.375 e. The summed E-state index contributed by atoms with van der Waals surface area (Å²) in [7, 11) is 1.11. The van der Waals surface area contributed by atoms with Crippen molar-refractivity contribution in [1.82, 2.24) is 25.0 Å². The molecule has 184 valence electrons. The Balaban J connectivity index is 1.36. The van der Waals surface area contributed by atoms with Crippen LogP contribution in [-0.4, -0.2) is 50.1 Å². The van der Waals surface area contributed by atoms with Crippen LogP contribution in [0.2, 0.25) is 0 Å². The summed E-state index contributed by atoms with van der Waals surface area (Å²) in [5.74, 6) is -1.54. The number of amides is 2. The number of fused-ring (bicyclic) bond motifs is 1. The number of carbonyl (C=O) groups excluding carboxylic acids is 2. The SMILES string of the molecule is Cn1ncc(C(=O)NC[C@@H]2CC3CC3N2C(=O)c2nc(N)sc2-c2cccc(F)c2)c1C(F)(F)F. The molecule has 0 bridgehead atoms. The van der Waals surface area contributed by atoms with Crippen LogP contribution in [0.1, 0.15) is 39.4 Å². The van der Waals surface area contributed by atoms with Gasteiger partial charge in [0.2, 0.25) is 0 Å². The zero-order valence-electron chi connectivity index (χ0n) is 18.3. The number of rotatable bonds is 5. The van der Waals surface area contributed by atoms with Gasteiger partial charge in [0, 0.05) is 19.6 Å². The van der Waals surface area contributed by atoms with Crippen molar-refractivity contribution in [3.63, 3.8) is 0 Å². The van der Waals surface area contributed by atoms with Crippen LogP contribution in [-0.2, 0) is 13.2 Å². The summed E-state index contributed by atoms with van der Waals surface area (Å²) in [6, 6.07) is 5.28. The second-order valence-corrected chi connectivity index (χ2v) is 9.67. The molecule has 1 aliphatic heterocycles. The lowest BCUT2D eigenvalue weighted by molar-refractivity contribution is -0.144. The van der Waals surface area contributed by atoms with Crippen LogP contribution in [0.4, 0.5) is 22.7 Å². The maximum Gasteiger partial charge on any atom is 0.433 e. The van der Waals surface area contributed by atoms with Gasteiger partial charge in [-0.2, -0.15) is 18.3 Å². The number of hydrogen-bond acceptors (Lipinski definition) is 6. The van der Waals surface area contributed by atoms with E-state index in [2.05, 4.69) is 15.4 Å². The van der Waals surface area contributed by atoms with Gasteiger partial charge in [0.15, 0.2) is 10.8 Å². The molecule has 2 amide bonds. The minimum absolute atomic E-state index is 0.0291. The van der Waals surface area contributed by atoms with Gasteiger partial charge in [0.25, 0.3) is 11.8 Å². The number of thiazole rings is 1. The number of aryl methyl sites for hydroxylation is 1. The maximum absolute atomic E-state index is 13.8. The number of nitrogens with zero attached hydrogens (tertiary/aromatic N) is 4. The van der Waals surface area contributed by atoms with Gasteiger partial charge in [0.05, 0.1) is 22.7 Å². The fourth-order valence-electron chi connectivity index (χ4n) is 4.73. The predicted octanol–water partition coefficient (Wildman–Crippen LogP) is 3.32. The van der Waals surface area contributed by atoms with E-state index >= 15 is 0 Å². The number of piperidine rings is 1. The molecule has 1 aliphatic carbocycles. The Bertz CT molecular complexity index is 1320. The van der Waals surface area contributed by atoms with Crippen molar-refractivity contribution in [1.29, 1.82) is 0 Å². The normalized spacial score (nSPS) is 21.2. The van der Waals surface area contributed by atoms with E-state index < -0.39 is 41.1 Å². The Morgan fingerprint density at radius 1 is 1.29 bits per heavy atom. The molecular formula is C22H20F4N6O2S. The van der Waals surface area contributed by atoms with Crippen LogP contribution < -0.4 is 11.1 Å². The second-order valence-electron chi connectivity index (χ2n) is 8.64. The quantitative estimate of drug-likeness (QED) is 0.515. The molecule has 2 unspecified atom stereocenters. The molecule has 3 heterocycles. The molecule has 3 N–H and O–H groups in total. The monoisotopic (exact) mass is 508 g/mol. The van der Waals surface area contributed by atoms with E-state index in [1.54, 1.807) is 11.0 Å². The van der Waals surface area contributed by atoms with Crippen molar-refractivity contribution in [3.05, 3.63) is 53.2 Å². The summed E-state index contributed by atoms with van der Waals surface area (Å²) >= 11 is 1.07. The highest BCUT2D eigenvalue weighted by atomic mass is 32.1. The fourth-order valence-corrected chi connectivity index (χ4v) is 5.55. The molecule has 2 aromatic heterocycles. The minimum atomic E-state index is -4.74. The van der Waals surface area contributed by atoms with Crippen molar-refractivity contribution in [2.75, 3.05) is 12.3 Å². The summed E-state index contributed by atoms with van der Waals surface area (Å²) in [6.07, 6.45) is -2.47. The van der Waals surface area contributed by atoms with E-state index in [1.807, 2.05) is 0 Å². The highest BCUT2D eigenvalue weighted by Crippen LogP contribution is 2.49. The lowest BCUT2D eigenvalue weighted by atomic mass is 10.1. The molecule has 13 heteroatoms. The summed E-state index contributed by atoms with van der Waals surface area (Å²) in [5, 5.41) is 6.24. The highest BCUT2D eigenvalue weighted by Gasteiger charge is 2.54. The lowest BCUT2D eigenvalue weighted by Crippen LogP contribution is -2.45. The average Bonchev–Trinajstić information content (AvgIpc) is 3.10. The number of benzene rings is 1. The average molecular weight is 509 g/mol. The van der Waals surface area contributed by atoms with Gasteiger partial charge in [-0.25, -0.2) is 9.37 Å². The van der Waals surface area contributed by atoms with E-state index in [-0.39, 0.29) is 29.3 Å². The van der Waals surface area contributed by atoms with Crippen molar-refractivity contribution in [2.24, 2.45) is 13.0 Å². The first-order valence-electron chi connectivity index (χ1n) is 10.8. The standard InChI is InChI=1S/C22H20F4N6O2S/c1-31-18(22(24,25)26)14(9-29-31)19(33)28-8-13-6-11-7-15(11)32(13)20(34)16-17(35-21(27)30-16)10-3-2-4-12(23)5-10/h2-5,9,11,13,15H,6-8H2,1H3,(H2,27,30)(H,28,33)/t11?,13-,15?/m0/s1. The molecule has 0 radical (unpaired) electrons. The van der Waals surface area contributed by atoms with Gasteiger partial charge in [-0.15, -0.1) is 0 Å². The van der Waals surface area contributed by atoms with Crippen LogP contribution in [0.15, 0.2) is 30.5 Å². The van der Waals surface area contributed by atoms with Gasteiger partial charge >= 0.3 is 6.18 Å². The molecular weight excluding hydrogens is 488 g/mol. The first-order valence-corrected chi connectivity index (χ1v) is 11.6. The minimum Gasteiger partial charge on any atom is -0.375 e. The zero-order valence-corrected chi connectivity index (χ0v) is 19.2. The number of alkyl halides is 3. The zero-order chi connectivity index (χ0) is 25.1. The molecule has 1 aromatic carbocycles. The van der Waals surface area contributed by atoms with Crippen LogP contribution in [0.3, 0.4) is 0 Å². The van der Waals surface area contributed by atoms with Gasteiger partial charge < -0.3 is 16.0 Å². The van der Waals surface area contributed by atoms with Crippen molar-refractivity contribution >= 4 is 28.3 Å². The van der Waals surface area contributed by atoms with E-state index in [4.69, 9.17) is 5.73 Å². The summed E-state index contributed by atoms with van der Waals surface area (Å²) in [5.41, 5.74) is 4.70. The summed E-state index contributed by atoms with van der Waals surface area (Å²) in [6.45, 7) is -0.0291. The van der Waals surface area contributed by atoms with E-state index in [9.17, 15) is 27.2 Å². The largest absolute Gasteiger partial charge is 0.433 e. The van der Waals surface area contributed by atoms with Gasteiger partial charge in [-0.05, 0) is 36.5 Å². The van der Waals surface area contributed by atoms with Gasteiger partial charge in [-0.3, -0.25) is 14.3 Å². The van der Waals surface area contributed by atoms with Crippen LogP contribution in [0.25, 0.3) is 10.4 Å². The number of carbonyl (C=O) groups is 2. The molecule has 5 rings (SSSR count). The Morgan fingerprint density at radius 2 is 2.06 bits per heavy atom. The Kier molecular flexibility index (Phi) is 5.54. The molecule has 3 atom stereocenters.